The second-order valence-electron chi connectivity index (χ2n) is 4.72. The summed E-state index contributed by atoms with van der Waals surface area (Å²) in [5.41, 5.74) is 0.563. The Labute approximate surface area is 130 Å². The number of amides is 2. The molecule has 20 heavy (non-hydrogen) atoms. The number of halogens is 2. The average Bonchev–Trinajstić information content (AvgIpc) is 2.76. The molecule has 7 heteroatoms. The Hall–Kier alpha value is -1.27. The van der Waals surface area contributed by atoms with E-state index in [2.05, 4.69) is 21.2 Å². The third kappa shape index (κ3) is 3.07. The molecule has 0 bridgehead atoms. The van der Waals surface area contributed by atoms with E-state index in [1.54, 1.807) is 25.1 Å². The van der Waals surface area contributed by atoms with Gasteiger partial charge >= 0.3 is 12.0 Å². The quantitative estimate of drug-likeness (QED) is 0.848. The fraction of sp³-hybridized carbons (Fsp3) is 0.385. The van der Waals surface area contributed by atoms with Gasteiger partial charge in [-0.1, -0.05) is 11.6 Å². The number of nitrogens with one attached hydrogen (secondary N) is 1. The summed E-state index contributed by atoms with van der Waals surface area (Å²) >= 11 is 9.22. The van der Waals surface area contributed by atoms with Gasteiger partial charge in [0, 0.05) is 22.1 Å². The number of carbonyl (C=O) groups is 2. The minimum absolute atomic E-state index is 0.316. The van der Waals surface area contributed by atoms with E-state index in [9.17, 15) is 9.59 Å². The normalized spacial score (nSPS) is 21.9. The standard InChI is InChI=1S/C13H14BrClN2O3/c1-7-9(12(18)19)4-5-17(7)13(20)16-11-6-8(15)2-3-10(11)14/h2-3,6-7,9H,4-5H2,1H3,(H,16,20)(H,18,19). The molecule has 2 N–H and O–H groups in total. The summed E-state index contributed by atoms with van der Waals surface area (Å²) in [6.45, 7) is 2.18. The highest BCUT2D eigenvalue weighted by atomic mass is 79.9. The number of rotatable bonds is 2. The number of nitrogens with zero attached hydrogens (tertiary/aromatic N) is 1. The third-order valence-corrected chi connectivity index (χ3v) is 4.43. The Morgan fingerprint density at radius 2 is 2.20 bits per heavy atom. The van der Waals surface area contributed by atoms with Crippen molar-refractivity contribution < 1.29 is 14.7 Å². The smallest absolute Gasteiger partial charge is 0.322 e. The van der Waals surface area contributed by atoms with Crippen molar-refractivity contribution in [2.45, 2.75) is 19.4 Å². The number of hydrogen-bond donors (Lipinski definition) is 2. The highest BCUT2D eigenvalue weighted by Gasteiger charge is 2.38. The van der Waals surface area contributed by atoms with Gasteiger partial charge in [-0.3, -0.25) is 4.79 Å². The van der Waals surface area contributed by atoms with Crippen molar-refractivity contribution in [2.24, 2.45) is 5.92 Å². The summed E-state index contributed by atoms with van der Waals surface area (Å²) in [5, 5.41) is 12.3. The molecule has 2 amide bonds. The third-order valence-electron chi connectivity index (χ3n) is 3.50. The minimum atomic E-state index is -0.864. The van der Waals surface area contributed by atoms with Crippen LogP contribution in [-0.4, -0.2) is 34.6 Å². The molecule has 2 rings (SSSR count). The topological polar surface area (TPSA) is 69.6 Å². The van der Waals surface area contributed by atoms with Gasteiger partial charge in [0.1, 0.15) is 0 Å². The van der Waals surface area contributed by atoms with E-state index in [1.165, 1.54) is 4.90 Å². The highest BCUT2D eigenvalue weighted by molar-refractivity contribution is 9.10. The first-order valence-corrected chi connectivity index (χ1v) is 7.32. The fourth-order valence-corrected chi connectivity index (χ4v) is 2.85. The molecule has 1 saturated heterocycles. The molecule has 2 atom stereocenters. The van der Waals surface area contributed by atoms with Gasteiger partial charge in [-0.05, 0) is 47.5 Å². The van der Waals surface area contributed by atoms with E-state index >= 15 is 0 Å². The predicted octanol–water partition coefficient (Wildman–Crippen LogP) is 3.43. The number of carboxylic acids is 1. The second-order valence-corrected chi connectivity index (χ2v) is 6.01. The van der Waals surface area contributed by atoms with E-state index in [0.29, 0.717) is 23.7 Å². The highest BCUT2D eigenvalue weighted by Crippen LogP contribution is 2.28. The fourth-order valence-electron chi connectivity index (χ4n) is 2.34. The summed E-state index contributed by atoms with van der Waals surface area (Å²) in [5.74, 6) is -1.37. The Bertz CT molecular complexity index is 552. The Kier molecular flexibility index (Phi) is 4.55. The molecule has 1 aliphatic rings. The number of hydrogen-bond acceptors (Lipinski definition) is 2. The van der Waals surface area contributed by atoms with Crippen LogP contribution < -0.4 is 5.32 Å². The molecule has 5 nitrogen and oxygen atoms in total. The molecule has 0 aromatic heterocycles. The molecule has 0 aliphatic carbocycles. The van der Waals surface area contributed by atoms with Gasteiger partial charge in [-0.25, -0.2) is 4.79 Å². The number of likely N-dealkylation sites (tertiary alicyclic amines) is 1. The zero-order chi connectivity index (χ0) is 14.9. The lowest BCUT2D eigenvalue weighted by molar-refractivity contribution is -0.142. The SMILES string of the molecule is CC1C(C(=O)O)CCN1C(=O)Nc1cc(Cl)ccc1Br. The van der Waals surface area contributed by atoms with Crippen LogP contribution in [0.1, 0.15) is 13.3 Å². The first kappa shape index (κ1) is 15.1. The zero-order valence-electron chi connectivity index (χ0n) is 10.8. The molecule has 1 heterocycles. The summed E-state index contributed by atoms with van der Waals surface area (Å²) in [6, 6.07) is 4.44. The zero-order valence-corrected chi connectivity index (χ0v) is 13.1. The molecule has 1 fully saturated rings. The largest absolute Gasteiger partial charge is 0.481 e. The second kappa shape index (κ2) is 6.01. The first-order chi connectivity index (χ1) is 9.40. The van der Waals surface area contributed by atoms with E-state index in [0.717, 1.165) is 4.47 Å². The average molecular weight is 362 g/mol. The molecule has 108 valence electrons. The van der Waals surface area contributed by atoms with Gasteiger partial charge in [-0.15, -0.1) is 0 Å². The van der Waals surface area contributed by atoms with Gasteiger partial charge in [0.25, 0.3) is 0 Å². The molecule has 0 radical (unpaired) electrons. The van der Waals surface area contributed by atoms with Crippen molar-refractivity contribution in [3.8, 4) is 0 Å². The van der Waals surface area contributed by atoms with Gasteiger partial charge in [0.15, 0.2) is 0 Å². The molecule has 2 unspecified atom stereocenters. The van der Waals surface area contributed by atoms with Crippen LogP contribution in [-0.2, 0) is 4.79 Å². The van der Waals surface area contributed by atoms with Crippen LogP contribution >= 0.6 is 27.5 Å². The molecule has 0 spiro atoms. The van der Waals surface area contributed by atoms with Crippen LogP contribution in [0.5, 0.6) is 0 Å². The van der Waals surface area contributed by atoms with Crippen molar-refractivity contribution in [1.29, 1.82) is 0 Å². The van der Waals surface area contributed by atoms with Crippen LogP contribution in [0.15, 0.2) is 22.7 Å². The maximum atomic E-state index is 12.2. The van der Waals surface area contributed by atoms with Crippen LogP contribution in [0.2, 0.25) is 5.02 Å². The van der Waals surface area contributed by atoms with Gasteiger partial charge in [0.2, 0.25) is 0 Å². The van der Waals surface area contributed by atoms with E-state index in [-0.39, 0.29) is 12.1 Å². The number of benzene rings is 1. The number of anilines is 1. The summed E-state index contributed by atoms with van der Waals surface area (Å²) in [7, 11) is 0. The van der Waals surface area contributed by atoms with Crippen LogP contribution in [0.25, 0.3) is 0 Å². The Balaban J connectivity index is 2.09. The molecule has 1 aromatic carbocycles. The van der Waals surface area contributed by atoms with Crippen molar-refractivity contribution in [1.82, 2.24) is 4.90 Å². The van der Waals surface area contributed by atoms with Gasteiger partial charge in [-0.2, -0.15) is 0 Å². The van der Waals surface area contributed by atoms with Crippen LogP contribution in [0.3, 0.4) is 0 Å². The lowest BCUT2D eigenvalue weighted by Crippen LogP contribution is -2.40. The lowest BCUT2D eigenvalue weighted by Gasteiger charge is -2.24. The number of aliphatic carboxylic acids is 1. The molecule has 1 aliphatic heterocycles. The number of carbonyl (C=O) groups excluding carboxylic acids is 1. The van der Waals surface area contributed by atoms with E-state index < -0.39 is 11.9 Å². The first-order valence-electron chi connectivity index (χ1n) is 6.15. The summed E-state index contributed by atoms with van der Waals surface area (Å²) in [6.07, 6.45) is 0.473. The van der Waals surface area contributed by atoms with Crippen molar-refractivity contribution >= 4 is 45.2 Å². The van der Waals surface area contributed by atoms with Gasteiger partial charge in [0.05, 0.1) is 11.6 Å². The predicted molar refractivity (Wildman–Crippen MR) is 80.1 cm³/mol. The number of urea groups is 1. The monoisotopic (exact) mass is 360 g/mol. The summed E-state index contributed by atoms with van der Waals surface area (Å²) in [4.78, 5) is 24.8. The maximum absolute atomic E-state index is 12.2. The molecular weight excluding hydrogens is 348 g/mol. The van der Waals surface area contributed by atoms with Crippen molar-refractivity contribution in [3.05, 3.63) is 27.7 Å². The Morgan fingerprint density at radius 3 is 2.80 bits per heavy atom. The van der Waals surface area contributed by atoms with Crippen molar-refractivity contribution in [3.63, 3.8) is 0 Å². The van der Waals surface area contributed by atoms with Crippen LogP contribution in [0.4, 0.5) is 10.5 Å². The Morgan fingerprint density at radius 1 is 1.50 bits per heavy atom. The van der Waals surface area contributed by atoms with Gasteiger partial charge < -0.3 is 15.3 Å². The van der Waals surface area contributed by atoms with E-state index in [1.807, 2.05) is 0 Å². The lowest BCUT2D eigenvalue weighted by atomic mass is 10.0. The summed E-state index contributed by atoms with van der Waals surface area (Å²) < 4.78 is 0.719. The van der Waals surface area contributed by atoms with E-state index in [4.69, 9.17) is 16.7 Å². The number of carboxylic acid groups (broad SMARTS) is 1. The molecule has 0 saturated carbocycles. The minimum Gasteiger partial charge on any atom is -0.481 e. The molecule has 1 aromatic rings. The van der Waals surface area contributed by atoms with Crippen LogP contribution in [0, 0.1) is 5.92 Å². The maximum Gasteiger partial charge on any atom is 0.322 e. The molecular formula is C13H14BrClN2O3. The van der Waals surface area contributed by atoms with Crippen molar-refractivity contribution in [2.75, 3.05) is 11.9 Å².